The highest BCUT2D eigenvalue weighted by Gasteiger charge is 2.38. The van der Waals surface area contributed by atoms with E-state index in [-0.39, 0.29) is 6.09 Å². The summed E-state index contributed by atoms with van der Waals surface area (Å²) in [7, 11) is 0. The number of carbonyl (C=O) groups excluding carboxylic acids is 1. The molecule has 1 fully saturated rings. The number of hydrogen-bond acceptors (Lipinski definition) is 3. The van der Waals surface area contributed by atoms with E-state index in [1.165, 1.54) is 43.4 Å². The summed E-state index contributed by atoms with van der Waals surface area (Å²) in [6.07, 6.45) is 6.70. The minimum atomic E-state index is -0.331. The summed E-state index contributed by atoms with van der Waals surface area (Å²) in [4.78, 5) is 14.5. The number of ether oxygens (including phenoxy) is 1. The normalized spacial score (nSPS) is 22.2. The molecule has 24 heavy (non-hydrogen) atoms. The quantitative estimate of drug-likeness (QED) is 0.742. The Bertz CT molecular complexity index is 573. The lowest BCUT2D eigenvalue weighted by atomic mass is 9.95. The van der Waals surface area contributed by atoms with Gasteiger partial charge in [0, 0.05) is 12.6 Å². The molecule has 132 valence electrons. The molecule has 3 rings (SSSR count). The third-order valence-electron chi connectivity index (χ3n) is 5.49. The second kappa shape index (κ2) is 8.02. The molecule has 1 N–H and O–H groups in total. The predicted molar refractivity (Wildman–Crippen MR) is 96.6 cm³/mol. The molecule has 1 aromatic carbocycles. The van der Waals surface area contributed by atoms with Gasteiger partial charge < -0.3 is 10.1 Å². The van der Waals surface area contributed by atoms with Crippen LogP contribution in [0.25, 0.3) is 0 Å². The van der Waals surface area contributed by atoms with Crippen molar-refractivity contribution in [3.8, 4) is 5.75 Å². The Morgan fingerprint density at radius 1 is 1.25 bits per heavy atom. The van der Waals surface area contributed by atoms with E-state index in [4.69, 9.17) is 4.74 Å². The fraction of sp³-hybridized carbons (Fsp3) is 0.650. The van der Waals surface area contributed by atoms with Gasteiger partial charge in [-0.1, -0.05) is 39.2 Å². The van der Waals surface area contributed by atoms with Crippen LogP contribution in [-0.2, 0) is 0 Å². The summed E-state index contributed by atoms with van der Waals surface area (Å²) >= 11 is 0. The molecule has 4 nitrogen and oxygen atoms in total. The van der Waals surface area contributed by atoms with Crippen molar-refractivity contribution < 1.29 is 9.53 Å². The minimum absolute atomic E-state index is 0.331. The maximum Gasteiger partial charge on any atom is 0.412 e. The molecule has 1 amide bonds. The molecule has 1 heterocycles. The molecule has 4 heteroatoms. The first-order valence-corrected chi connectivity index (χ1v) is 9.56. The van der Waals surface area contributed by atoms with E-state index in [1.54, 1.807) is 0 Å². The van der Waals surface area contributed by atoms with Crippen LogP contribution in [0.1, 0.15) is 75.5 Å². The van der Waals surface area contributed by atoms with Crippen LogP contribution in [0, 0.1) is 0 Å². The summed E-state index contributed by atoms with van der Waals surface area (Å²) in [5, 5.41) is 2.85. The van der Waals surface area contributed by atoms with Gasteiger partial charge in [-0.25, -0.2) is 4.79 Å². The van der Waals surface area contributed by atoms with Gasteiger partial charge in [0.25, 0.3) is 0 Å². The third kappa shape index (κ3) is 3.75. The molecule has 1 saturated heterocycles. The van der Waals surface area contributed by atoms with Crippen molar-refractivity contribution in [1.82, 2.24) is 10.2 Å². The zero-order valence-corrected chi connectivity index (χ0v) is 15.0. The second-order valence-corrected chi connectivity index (χ2v) is 7.03. The zero-order chi connectivity index (χ0) is 16.9. The lowest BCUT2D eigenvalue weighted by Crippen LogP contribution is -2.31. The smallest absolute Gasteiger partial charge is 0.410 e. The molecule has 1 aromatic rings. The molecule has 2 aliphatic rings. The van der Waals surface area contributed by atoms with Gasteiger partial charge in [0.05, 0.1) is 0 Å². The predicted octanol–water partition coefficient (Wildman–Crippen LogP) is 4.61. The SMILES string of the molecule is CCCCCCNC(=O)Oc1ccc2c(c1)[C@@H]1CCN(CC)[C@H]2C1. The molecular weight excluding hydrogens is 300 g/mol. The molecule has 0 aromatic heterocycles. The number of nitrogens with zero attached hydrogens (tertiary/aromatic N) is 1. The molecule has 0 saturated carbocycles. The average molecular weight is 330 g/mol. The first-order chi connectivity index (χ1) is 11.7. The van der Waals surface area contributed by atoms with Crippen LogP contribution in [-0.4, -0.2) is 30.6 Å². The van der Waals surface area contributed by atoms with Gasteiger partial charge >= 0.3 is 6.09 Å². The van der Waals surface area contributed by atoms with Crippen molar-refractivity contribution in [1.29, 1.82) is 0 Å². The maximum absolute atomic E-state index is 11.9. The Morgan fingerprint density at radius 2 is 2.12 bits per heavy atom. The molecule has 1 aliphatic heterocycles. The molecular formula is C20H30N2O2. The highest BCUT2D eigenvalue weighted by Crippen LogP contribution is 2.49. The highest BCUT2D eigenvalue weighted by atomic mass is 16.6. The second-order valence-electron chi connectivity index (χ2n) is 7.03. The van der Waals surface area contributed by atoms with E-state index in [0.717, 1.165) is 19.4 Å². The van der Waals surface area contributed by atoms with Crippen LogP contribution in [0.15, 0.2) is 18.2 Å². The van der Waals surface area contributed by atoms with Gasteiger partial charge in [-0.2, -0.15) is 0 Å². The van der Waals surface area contributed by atoms with E-state index in [0.29, 0.717) is 24.3 Å². The lowest BCUT2D eigenvalue weighted by Gasteiger charge is -2.32. The van der Waals surface area contributed by atoms with Crippen molar-refractivity contribution in [3.05, 3.63) is 29.3 Å². The van der Waals surface area contributed by atoms with Crippen LogP contribution in [0.2, 0.25) is 0 Å². The number of nitrogens with one attached hydrogen (secondary N) is 1. The van der Waals surface area contributed by atoms with Gasteiger partial charge in [0.1, 0.15) is 5.75 Å². The number of rotatable bonds is 7. The van der Waals surface area contributed by atoms with E-state index in [1.807, 2.05) is 6.07 Å². The summed E-state index contributed by atoms with van der Waals surface area (Å²) in [6, 6.07) is 6.77. The summed E-state index contributed by atoms with van der Waals surface area (Å²) < 4.78 is 5.48. The fourth-order valence-electron chi connectivity index (χ4n) is 4.16. The van der Waals surface area contributed by atoms with Crippen LogP contribution in [0.5, 0.6) is 5.75 Å². The number of likely N-dealkylation sites (tertiary alicyclic amines) is 1. The number of benzene rings is 1. The van der Waals surface area contributed by atoms with Gasteiger partial charge in [0.2, 0.25) is 0 Å². The van der Waals surface area contributed by atoms with Crippen molar-refractivity contribution in [2.45, 2.75) is 64.3 Å². The molecule has 0 radical (unpaired) electrons. The highest BCUT2D eigenvalue weighted by molar-refractivity contribution is 5.70. The fourth-order valence-corrected chi connectivity index (χ4v) is 4.16. The summed E-state index contributed by atoms with van der Waals surface area (Å²) in [5.74, 6) is 1.31. The summed E-state index contributed by atoms with van der Waals surface area (Å²) in [5.41, 5.74) is 2.83. The topological polar surface area (TPSA) is 41.6 Å². The maximum atomic E-state index is 11.9. The lowest BCUT2D eigenvalue weighted by molar-refractivity contribution is 0.161. The van der Waals surface area contributed by atoms with Crippen LogP contribution in [0.3, 0.4) is 0 Å². The number of unbranched alkanes of at least 4 members (excludes halogenated alkanes) is 3. The van der Waals surface area contributed by atoms with Gasteiger partial charge in [-0.05, 0) is 61.5 Å². The van der Waals surface area contributed by atoms with E-state index < -0.39 is 0 Å². The standard InChI is InChI=1S/C20H30N2O2/c1-3-5-6-7-11-21-20(23)24-16-8-9-17-18(14-16)15-10-12-22(4-2)19(17)13-15/h8-9,14-15,19H,3-7,10-13H2,1-2H3,(H,21,23)/t15-,19+/m1/s1. The van der Waals surface area contributed by atoms with E-state index in [9.17, 15) is 4.79 Å². The van der Waals surface area contributed by atoms with Gasteiger partial charge in [-0.3, -0.25) is 4.90 Å². The largest absolute Gasteiger partial charge is 0.412 e. The first kappa shape index (κ1) is 17.3. The third-order valence-corrected chi connectivity index (χ3v) is 5.49. The van der Waals surface area contributed by atoms with Crippen LogP contribution >= 0.6 is 0 Å². The van der Waals surface area contributed by atoms with Crippen molar-refractivity contribution in [2.75, 3.05) is 19.6 Å². The Labute approximate surface area is 145 Å². The number of fused-ring (bicyclic) bond motifs is 5. The number of hydrogen-bond donors (Lipinski definition) is 1. The zero-order valence-electron chi connectivity index (χ0n) is 15.0. The van der Waals surface area contributed by atoms with Crippen LogP contribution < -0.4 is 10.1 Å². The van der Waals surface area contributed by atoms with E-state index in [2.05, 4.69) is 36.2 Å². The van der Waals surface area contributed by atoms with Crippen molar-refractivity contribution >= 4 is 6.09 Å². The Kier molecular flexibility index (Phi) is 5.77. The Balaban J connectivity index is 1.56. The van der Waals surface area contributed by atoms with E-state index >= 15 is 0 Å². The molecule has 0 unspecified atom stereocenters. The summed E-state index contributed by atoms with van der Waals surface area (Å²) in [6.45, 7) is 7.40. The number of amides is 1. The van der Waals surface area contributed by atoms with Gasteiger partial charge in [-0.15, -0.1) is 0 Å². The molecule has 1 aliphatic carbocycles. The number of carbonyl (C=O) groups is 1. The minimum Gasteiger partial charge on any atom is -0.410 e. The average Bonchev–Trinajstić information content (AvgIpc) is 2.88. The van der Waals surface area contributed by atoms with Gasteiger partial charge in [0.15, 0.2) is 0 Å². The molecule has 0 spiro atoms. The monoisotopic (exact) mass is 330 g/mol. The number of piperidine rings is 1. The Morgan fingerprint density at radius 3 is 2.92 bits per heavy atom. The van der Waals surface area contributed by atoms with Crippen molar-refractivity contribution in [2.24, 2.45) is 0 Å². The first-order valence-electron chi connectivity index (χ1n) is 9.56. The van der Waals surface area contributed by atoms with Crippen molar-refractivity contribution in [3.63, 3.8) is 0 Å². The molecule has 2 atom stereocenters. The molecule has 2 bridgehead atoms. The van der Waals surface area contributed by atoms with Crippen LogP contribution in [0.4, 0.5) is 4.79 Å². The Hall–Kier alpha value is -1.55.